The van der Waals surface area contributed by atoms with Crippen molar-refractivity contribution in [3.63, 3.8) is 0 Å². The van der Waals surface area contributed by atoms with Gasteiger partial charge in [0.2, 0.25) is 5.76 Å². The molecule has 0 saturated carbocycles. The van der Waals surface area contributed by atoms with Crippen LogP contribution >= 0.6 is 12.2 Å². The monoisotopic (exact) mass is 255 g/mol. The van der Waals surface area contributed by atoms with Gasteiger partial charge in [0.25, 0.3) is 5.91 Å². The smallest absolute Gasteiger partial charge is 0.289 e. The molecule has 0 aromatic carbocycles. The number of hydrogen-bond acceptors (Lipinski definition) is 4. The van der Waals surface area contributed by atoms with Crippen LogP contribution in [0.15, 0.2) is 4.42 Å². The number of carbonyl (C=O) groups is 1. The highest BCUT2D eigenvalue weighted by Gasteiger charge is 2.30. The number of nitrogens with one attached hydrogen (secondary N) is 1. The van der Waals surface area contributed by atoms with Crippen LogP contribution < -0.4 is 11.1 Å². The Hall–Kier alpha value is -1.43. The second kappa shape index (κ2) is 4.83. The Morgan fingerprint density at radius 3 is 2.53 bits per heavy atom. The Balaban J connectivity index is 2.93. The third-order valence-electron chi connectivity index (χ3n) is 2.75. The van der Waals surface area contributed by atoms with Crippen LogP contribution in [0.2, 0.25) is 0 Å². The molecule has 1 aromatic rings. The first-order chi connectivity index (χ1) is 7.80. The van der Waals surface area contributed by atoms with E-state index in [1.54, 1.807) is 20.8 Å². The fraction of sp³-hybridized carbons (Fsp3) is 0.545. The van der Waals surface area contributed by atoms with E-state index in [1.165, 1.54) is 0 Å². The molecule has 1 rings (SSSR count). The fourth-order valence-corrected chi connectivity index (χ4v) is 1.57. The molecule has 0 aliphatic rings. The van der Waals surface area contributed by atoms with Gasteiger partial charge in [-0.1, -0.05) is 19.1 Å². The van der Waals surface area contributed by atoms with Crippen molar-refractivity contribution in [2.24, 2.45) is 5.73 Å². The summed E-state index contributed by atoms with van der Waals surface area (Å²) < 4.78 is 5.24. The van der Waals surface area contributed by atoms with Crippen molar-refractivity contribution in [2.45, 2.75) is 39.7 Å². The zero-order chi connectivity index (χ0) is 13.2. The van der Waals surface area contributed by atoms with Gasteiger partial charge >= 0.3 is 0 Å². The fourth-order valence-electron chi connectivity index (χ4n) is 1.37. The van der Waals surface area contributed by atoms with Crippen molar-refractivity contribution in [1.29, 1.82) is 0 Å². The van der Waals surface area contributed by atoms with Gasteiger partial charge in [-0.3, -0.25) is 4.79 Å². The maximum absolute atomic E-state index is 12.0. The summed E-state index contributed by atoms with van der Waals surface area (Å²) in [6.07, 6.45) is 0.611. The highest BCUT2D eigenvalue weighted by molar-refractivity contribution is 7.80. The summed E-state index contributed by atoms with van der Waals surface area (Å²) in [6, 6.07) is 0. The van der Waals surface area contributed by atoms with Crippen molar-refractivity contribution in [3.05, 3.63) is 17.3 Å². The molecule has 0 spiro atoms. The highest BCUT2D eigenvalue weighted by Crippen LogP contribution is 2.14. The van der Waals surface area contributed by atoms with Crippen LogP contribution in [-0.4, -0.2) is 21.4 Å². The van der Waals surface area contributed by atoms with Crippen LogP contribution in [0.5, 0.6) is 0 Å². The SMILES string of the molecule is CCC(C)(NC(=O)c1oc(C)nc1C)C(N)=S. The van der Waals surface area contributed by atoms with Crippen LogP contribution in [0.3, 0.4) is 0 Å². The molecule has 0 aliphatic carbocycles. The largest absolute Gasteiger partial charge is 0.436 e. The third-order valence-corrected chi connectivity index (χ3v) is 3.20. The van der Waals surface area contributed by atoms with E-state index in [1.807, 2.05) is 6.92 Å². The van der Waals surface area contributed by atoms with Gasteiger partial charge in [-0.15, -0.1) is 0 Å². The molecule has 0 saturated heterocycles. The normalized spacial score (nSPS) is 14.1. The Labute approximate surface area is 106 Å². The molecular weight excluding hydrogens is 238 g/mol. The van der Waals surface area contributed by atoms with Gasteiger partial charge in [0.15, 0.2) is 5.89 Å². The molecule has 1 unspecified atom stereocenters. The summed E-state index contributed by atoms with van der Waals surface area (Å²) >= 11 is 4.95. The van der Waals surface area contributed by atoms with E-state index in [9.17, 15) is 4.79 Å². The van der Waals surface area contributed by atoms with Gasteiger partial charge in [0.05, 0.1) is 16.2 Å². The lowest BCUT2D eigenvalue weighted by atomic mass is 9.99. The standard InChI is InChI=1S/C11H17N3O2S/c1-5-11(4,10(12)17)14-9(15)8-6(2)13-7(3)16-8/h5H2,1-4H3,(H2,12,17)(H,14,15). The van der Waals surface area contributed by atoms with Crippen LogP contribution in [0.25, 0.3) is 0 Å². The van der Waals surface area contributed by atoms with E-state index >= 15 is 0 Å². The first-order valence-corrected chi connectivity index (χ1v) is 5.77. The van der Waals surface area contributed by atoms with Gasteiger partial charge in [0, 0.05) is 6.92 Å². The van der Waals surface area contributed by atoms with Gasteiger partial charge < -0.3 is 15.5 Å². The molecule has 17 heavy (non-hydrogen) atoms. The molecule has 1 aromatic heterocycles. The minimum atomic E-state index is -0.709. The van der Waals surface area contributed by atoms with Gasteiger partial charge in [-0.2, -0.15) is 0 Å². The number of oxazole rings is 1. The third kappa shape index (κ3) is 2.82. The summed E-state index contributed by atoms with van der Waals surface area (Å²) in [5, 5.41) is 2.77. The van der Waals surface area contributed by atoms with Crippen LogP contribution in [0, 0.1) is 13.8 Å². The first-order valence-electron chi connectivity index (χ1n) is 5.36. The van der Waals surface area contributed by atoms with Gasteiger partial charge in [-0.05, 0) is 20.3 Å². The number of hydrogen-bond donors (Lipinski definition) is 2. The molecular formula is C11H17N3O2S. The zero-order valence-electron chi connectivity index (χ0n) is 10.5. The number of carbonyl (C=O) groups excluding carboxylic acids is 1. The lowest BCUT2D eigenvalue weighted by molar-refractivity contribution is 0.0896. The van der Waals surface area contributed by atoms with Crippen molar-refractivity contribution in [2.75, 3.05) is 0 Å². The van der Waals surface area contributed by atoms with Gasteiger partial charge in [0.1, 0.15) is 0 Å². The Kier molecular flexibility index (Phi) is 3.87. The molecule has 0 aliphatic heterocycles. The number of aryl methyl sites for hydroxylation is 2. The number of rotatable bonds is 4. The van der Waals surface area contributed by atoms with Crippen LogP contribution in [0.4, 0.5) is 0 Å². The molecule has 1 atom stereocenters. The lowest BCUT2D eigenvalue weighted by Gasteiger charge is -2.27. The van der Waals surface area contributed by atoms with E-state index in [0.29, 0.717) is 18.0 Å². The number of aromatic nitrogens is 1. The predicted molar refractivity (Wildman–Crippen MR) is 68.9 cm³/mol. The first kappa shape index (κ1) is 13.6. The molecule has 3 N–H and O–H groups in total. The number of nitrogens with two attached hydrogens (primary N) is 1. The minimum absolute atomic E-state index is 0.207. The maximum atomic E-state index is 12.0. The topological polar surface area (TPSA) is 81.2 Å². The molecule has 1 amide bonds. The molecule has 5 nitrogen and oxygen atoms in total. The summed E-state index contributed by atoms with van der Waals surface area (Å²) in [4.78, 5) is 16.3. The van der Waals surface area contributed by atoms with E-state index in [4.69, 9.17) is 22.4 Å². The highest BCUT2D eigenvalue weighted by atomic mass is 32.1. The van der Waals surface area contributed by atoms with E-state index in [0.717, 1.165) is 0 Å². The van der Waals surface area contributed by atoms with Crippen molar-refractivity contribution in [1.82, 2.24) is 10.3 Å². The predicted octanol–water partition coefficient (Wildman–Crippen LogP) is 1.48. The second-order valence-electron chi connectivity index (χ2n) is 4.15. The molecule has 1 heterocycles. The Morgan fingerprint density at radius 2 is 2.18 bits per heavy atom. The van der Waals surface area contributed by atoms with E-state index in [-0.39, 0.29) is 16.7 Å². The van der Waals surface area contributed by atoms with Crippen LogP contribution in [-0.2, 0) is 0 Å². The van der Waals surface area contributed by atoms with Crippen molar-refractivity contribution >= 4 is 23.1 Å². The van der Waals surface area contributed by atoms with Crippen molar-refractivity contribution < 1.29 is 9.21 Å². The number of thiocarbonyl (C=S) groups is 1. The summed E-state index contributed by atoms with van der Waals surface area (Å²) in [5.74, 6) is 0.319. The molecule has 0 bridgehead atoms. The minimum Gasteiger partial charge on any atom is -0.436 e. The zero-order valence-corrected chi connectivity index (χ0v) is 11.3. The molecule has 0 radical (unpaired) electrons. The molecule has 94 valence electrons. The molecule has 0 fully saturated rings. The average Bonchev–Trinajstić information content (AvgIpc) is 2.57. The Morgan fingerprint density at radius 1 is 1.59 bits per heavy atom. The molecule has 6 heteroatoms. The van der Waals surface area contributed by atoms with E-state index in [2.05, 4.69) is 10.3 Å². The second-order valence-corrected chi connectivity index (χ2v) is 4.59. The quantitative estimate of drug-likeness (QED) is 0.796. The number of amides is 1. The lowest BCUT2D eigenvalue weighted by Crippen LogP contribution is -2.54. The Bertz CT molecular complexity index is 456. The van der Waals surface area contributed by atoms with Crippen molar-refractivity contribution in [3.8, 4) is 0 Å². The summed E-state index contributed by atoms with van der Waals surface area (Å²) in [7, 11) is 0. The number of nitrogens with zero attached hydrogens (tertiary/aromatic N) is 1. The van der Waals surface area contributed by atoms with Gasteiger partial charge in [-0.25, -0.2) is 4.98 Å². The average molecular weight is 255 g/mol. The summed E-state index contributed by atoms with van der Waals surface area (Å²) in [6.45, 7) is 7.09. The van der Waals surface area contributed by atoms with Crippen LogP contribution in [0.1, 0.15) is 42.4 Å². The summed E-state index contributed by atoms with van der Waals surface area (Å²) in [5.41, 5.74) is 5.47. The van der Waals surface area contributed by atoms with E-state index < -0.39 is 5.54 Å². The maximum Gasteiger partial charge on any atom is 0.289 e.